The summed E-state index contributed by atoms with van der Waals surface area (Å²) in [5.41, 5.74) is 11.3. The molecular formula is C20H20N4. The minimum absolute atomic E-state index is 0.120. The van der Waals surface area contributed by atoms with Gasteiger partial charge in [-0.3, -0.25) is 0 Å². The number of H-pyrrole nitrogens is 1. The fourth-order valence-corrected chi connectivity index (χ4v) is 3.08. The van der Waals surface area contributed by atoms with Crippen molar-refractivity contribution < 1.29 is 0 Å². The van der Waals surface area contributed by atoms with Gasteiger partial charge in [0.05, 0.1) is 0 Å². The molecule has 1 atom stereocenters. The zero-order chi connectivity index (χ0) is 16.5. The molecule has 0 saturated carbocycles. The number of nitrogens with two attached hydrogens (primary N) is 1. The van der Waals surface area contributed by atoms with Crippen LogP contribution in [-0.4, -0.2) is 22.6 Å². The van der Waals surface area contributed by atoms with Crippen LogP contribution in [0.25, 0.3) is 33.1 Å². The summed E-state index contributed by atoms with van der Waals surface area (Å²) < 4.78 is 0. The minimum Gasteiger partial charge on any atom is -0.383 e. The Labute approximate surface area is 140 Å². The van der Waals surface area contributed by atoms with Gasteiger partial charge in [-0.25, -0.2) is 4.98 Å². The standard InChI is InChI=1S/C20H20N4/c1-13(21)12-23-15-6-4-5-14(11-15)16-9-10-22-20-19(16)17-7-2-3-8-18(17)24-20/h2-11,13,23H,12,21H2,1H3,(H,22,24). The average molecular weight is 316 g/mol. The van der Waals surface area contributed by atoms with Crippen LogP contribution in [0.1, 0.15) is 6.92 Å². The number of para-hydroxylation sites is 1. The number of nitrogens with zero attached hydrogens (tertiary/aromatic N) is 1. The van der Waals surface area contributed by atoms with E-state index in [0.717, 1.165) is 28.8 Å². The van der Waals surface area contributed by atoms with Gasteiger partial charge in [0.1, 0.15) is 5.65 Å². The monoisotopic (exact) mass is 316 g/mol. The van der Waals surface area contributed by atoms with E-state index in [1.54, 1.807) is 0 Å². The molecule has 2 aromatic heterocycles. The fourth-order valence-electron chi connectivity index (χ4n) is 3.08. The topological polar surface area (TPSA) is 66.7 Å². The molecule has 0 saturated heterocycles. The van der Waals surface area contributed by atoms with E-state index >= 15 is 0 Å². The zero-order valence-corrected chi connectivity index (χ0v) is 13.6. The molecule has 0 fully saturated rings. The molecule has 0 aliphatic heterocycles. The summed E-state index contributed by atoms with van der Waals surface area (Å²) in [5.74, 6) is 0. The maximum atomic E-state index is 5.84. The Hall–Kier alpha value is -2.85. The van der Waals surface area contributed by atoms with Crippen LogP contribution >= 0.6 is 0 Å². The second kappa shape index (κ2) is 5.98. The Morgan fingerprint density at radius 2 is 2.00 bits per heavy atom. The van der Waals surface area contributed by atoms with Gasteiger partial charge in [0, 0.05) is 40.8 Å². The number of aromatic amines is 1. The predicted molar refractivity (Wildman–Crippen MR) is 101 cm³/mol. The van der Waals surface area contributed by atoms with Crippen molar-refractivity contribution in [1.29, 1.82) is 0 Å². The first-order valence-corrected chi connectivity index (χ1v) is 8.18. The highest BCUT2D eigenvalue weighted by molar-refractivity contribution is 6.12. The van der Waals surface area contributed by atoms with Crippen molar-refractivity contribution in [3.8, 4) is 11.1 Å². The van der Waals surface area contributed by atoms with Gasteiger partial charge in [-0.1, -0.05) is 30.3 Å². The molecule has 2 aromatic carbocycles. The lowest BCUT2D eigenvalue weighted by Crippen LogP contribution is -2.25. The lowest BCUT2D eigenvalue weighted by Gasteiger charge is -2.11. The van der Waals surface area contributed by atoms with Gasteiger partial charge < -0.3 is 16.0 Å². The number of fused-ring (bicyclic) bond motifs is 3. The molecule has 4 rings (SSSR count). The maximum Gasteiger partial charge on any atom is 0.138 e. The van der Waals surface area contributed by atoms with Crippen molar-refractivity contribution in [2.45, 2.75) is 13.0 Å². The Kier molecular flexibility index (Phi) is 3.67. The molecule has 120 valence electrons. The van der Waals surface area contributed by atoms with E-state index in [4.69, 9.17) is 5.73 Å². The molecule has 4 N–H and O–H groups in total. The highest BCUT2D eigenvalue weighted by atomic mass is 14.9. The van der Waals surface area contributed by atoms with Crippen LogP contribution < -0.4 is 11.1 Å². The van der Waals surface area contributed by atoms with Gasteiger partial charge >= 0.3 is 0 Å². The van der Waals surface area contributed by atoms with Crippen molar-refractivity contribution in [3.05, 3.63) is 60.8 Å². The third-order valence-electron chi connectivity index (χ3n) is 4.20. The van der Waals surface area contributed by atoms with Gasteiger partial charge in [0.25, 0.3) is 0 Å². The van der Waals surface area contributed by atoms with Crippen LogP contribution in [0.5, 0.6) is 0 Å². The smallest absolute Gasteiger partial charge is 0.138 e. The van der Waals surface area contributed by atoms with Gasteiger partial charge in [0.15, 0.2) is 0 Å². The Morgan fingerprint density at radius 3 is 2.88 bits per heavy atom. The molecular weight excluding hydrogens is 296 g/mol. The first kappa shape index (κ1) is 14.7. The molecule has 4 aromatic rings. The van der Waals surface area contributed by atoms with E-state index in [9.17, 15) is 0 Å². The summed E-state index contributed by atoms with van der Waals surface area (Å²) in [6.45, 7) is 2.75. The highest BCUT2D eigenvalue weighted by Gasteiger charge is 2.11. The molecule has 0 bridgehead atoms. The number of pyridine rings is 1. The van der Waals surface area contributed by atoms with Crippen molar-refractivity contribution in [2.75, 3.05) is 11.9 Å². The van der Waals surface area contributed by atoms with E-state index < -0.39 is 0 Å². The Morgan fingerprint density at radius 1 is 1.12 bits per heavy atom. The molecule has 1 unspecified atom stereocenters. The van der Waals surface area contributed by atoms with Crippen LogP contribution in [0.15, 0.2) is 60.8 Å². The number of aromatic nitrogens is 2. The van der Waals surface area contributed by atoms with Crippen molar-refractivity contribution >= 4 is 27.6 Å². The van der Waals surface area contributed by atoms with E-state index in [1.807, 2.05) is 19.2 Å². The number of benzene rings is 2. The second-order valence-electron chi connectivity index (χ2n) is 6.19. The molecule has 0 aliphatic rings. The normalized spacial score (nSPS) is 12.6. The number of nitrogens with one attached hydrogen (secondary N) is 2. The van der Waals surface area contributed by atoms with E-state index in [2.05, 4.69) is 63.8 Å². The molecule has 0 amide bonds. The predicted octanol–water partition coefficient (Wildman–Crippen LogP) is 4.14. The average Bonchev–Trinajstić information content (AvgIpc) is 2.99. The maximum absolute atomic E-state index is 5.84. The zero-order valence-electron chi connectivity index (χ0n) is 13.6. The van der Waals surface area contributed by atoms with Crippen molar-refractivity contribution in [2.24, 2.45) is 5.73 Å². The summed E-state index contributed by atoms with van der Waals surface area (Å²) in [4.78, 5) is 7.90. The van der Waals surface area contributed by atoms with Gasteiger partial charge in [-0.15, -0.1) is 0 Å². The van der Waals surface area contributed by atoms with Crippen LogP contribution in [0.3, 0.4) is 0 Å². The molecule has 0 radical (unpaired) electrons. The lowest BCUT2D eigenvalue weighted by atomic mass is 10.0. The molecule has 4 nitrogen and oxygen atoms in total. The van der Waals surface area contributed by atoms with E-state index in [1.165, 1.54) is 16.5 Å². The number of hydrogen-bond acceptors (Lipinski definition) is 3. The summed E-state index contributed by atoms with van der Waals surface area (Å²) in [7, 11) is 0. The first-order chi connectivity index (χ1) is 11.7. The summed E-state index contributed by atoms with van der Waals surface area (Å²) in [5, 5.41) is 5.75. The van der Waals surface area contributed by atoms with Crippen LogP contribution in [0, 0.1) is 0 Å². The second-order valence-corrected chi connectivity index (χ2v) is 6.19. The minimum atomic E-state index is 0.120. The third-order valence-corrected chi connectivity index (χ3v) is 4.20. The Bertz CT molecular complexity index is 1000. The summed E-state index contributed by atoms with van der Waals surface area (Å²) in [6.07, 6.45) is 1.86. The van der Waals surface area contributed by atoms with E-state index in [-0.39, 0.29) is 6.04 Å². The van der Waals surface area contributed by atoms with Gasteiger partial charge in [-0.05, 0) is 42.3 Å². The fraction of sp³-hybridized carbons (Fsp3) is 0.150. The van der Waals surface area contributed by atoms with Gasteiger partial charge in [0.2, 0.25) is 0 Å². The molecule has 4 heteroatoms. The quantitative estimate of drug-likeness (QED) is 0.530. The largest absolute Gasteiger partial charge is 0.383 e. The third kappa shape index (κ3) is 2.61. The van der Waals surface area contributed by atoms with Gasteiger partial charge in [-0.2, -0.15) is 0 Å². The van der Waals surface area contributed by atoms with Crippen LogP contribution in [0.4, 0.5) is 5.69 Å². The highest BCUT2D eigenvalue weighted by Crippen LogP contribution is 2.34. The van der Waals surface area contributed by atoms with Crippen molar-refractivity contribution in [1.82, 2.24) is 9.97 Å². The SMILES string of the molecule is CC(N)CNc1cccc(-c2ccnc3[nH]c4ccccc4c23)c1. The molecule has 2 heterocycles. The van der Waals surface area contributed by atoms with Crippen LogP contribution in [-0.2, 0) is 0 Å². The van der Waals surface area contributed by atoms with Crippen molar-refractivity contribution in [3.63, 3.8) is 0 Å². The molecule has 0 spiro atoms. The molecule has 0 aliphatic carbocycles. The number of rotatable bonds is 4. The van der Waals surface area contributed by atoms with Crippen LogP contribution in [0.2, 0.25) is 0 Å². The number of anilines is 1. The molecule has 24 heavy (non-hydrogen) atoms. The first-order valence-electron chi connectivity index (χ1n) is 8.18. The van der Waals surface area contributed by atoms with E-state index in [0.29, 0.717) is 0 Å². The summed E-state index contributed by atoms with van der Waals surface area (Å²) in [6, 6.07) is 19.0. The summed E-state index contributed by atoms with van der Waals surface area (Å²) >= 11 is 0. The number of hydrogen-bond donors (Lipinski definition) is 3. The Balaban J connectivity index is 1.86. The lowest BCUT2D eigenvalue weighted by molar-refractivity contribution is 0.780.